The zero-order valence-electron chi connectivity index (χ0n) is 12.0. The summed E-state index contributed by atoms with van der Waals surface area (Å²) in [7, 11) is 0. The lowest BCUT2D eigenvalue weighted by Crippen LogP contribution is -2.27. The van der Waals surface area contributed by atoms with E-state index in [4.69, 9.17) is 23.2 Å². The van der Waals surface area contributed by atoms with Gasteiger partial charge in [0.05, 0.1) is 15.7 Å². The van der Waals surface area contributed by atoms with Crippen molar-refractivity contribution in [3.63, 3.8) is 0 Å². The molecule has 0 heterocycles. The maximum absolute atomic E-state index is 12.3. The Hall–Kier alpha value is -0.710. The van der Waals surface area contributed by atoms with Crippen LogP contribution in [0, 0.1) is 5.41 Å². The van der Waals surface area contributed by atoms with Crippen LogP contribution in [0.15, 0.2) is 23.3 Å². The van der Waals surface area contributed by atoms with Crippen molar-refractivity contribution in [3.05, 3.63) is 28.2 Å². The maximum Gasteiger partial charge on any atom is 0.194 e. The van der Waals surface area contributed by atoms with Crippen molar-refractivity contribution in [2.24, 2.45) is 10.5 Å². The van der Waals surface area contributed by atoms with Crippen LogP contribution in [0.25, 0.3) is 0 Å². The highest BCUT2D eigenvalue weighted by atomic mass is 35.5. The third kappa shape index (κ3) is 5.00. The molecular formula is C14H18Cl2N2OS. The normalized spacial score (nSPS) is 12.4. The molecule has 0 unspecified atom stereocenters. The van der Waals surface area contributed by atoms with Crippen molar-refractivity contribution >= 4 is 51.5 Å². The molecule has 1 N–H and O–H groups in total. The van der Waals surface area contributed by atoms with Crippen molar-refractivity contribution in [1.82, 2.24) is 0 Å². The largest absolute Gasteiger partial charge is 0.291 e. The molecule has 0 radical (unpaired) electrons. The van der Waals surface area contributed by atoms with Crippen molar-refractivity contribution in [2.75, 3.05) is 11.2 Å². The molecule has 0 amide bonds. The van der Waals surface area contributed by atoms with Crippen LogP contribution in [-0.2, 0) is 4.79 Å². The van der Waals surface area contributed by atoms with Crippen molar-refractivity contribution in [1.29, 1.82) is 0 Å². The van der Waals surface area contributed by atoms with Crippen LogP contribution in [0.4, 0.5) is 5.69 Å². The zero-order valence-corrected chi connectivity index (χ0v) is 14.3. The number of halogens is 2. The summed E-state index contributed by atoms with van der Waals surface area (Å²) in [5.74, 6) is 0.792. The number of rotatable bonds is 4. The van der Waals surface area contributed by atoms with E-state index in [0.29, 0.717) is 20.8 Å². The smallest absolute Gasteiger partial charge is 0.194 e. The van der Waals surface area contributed by atoms with E-state index < -0.39 is 5.41 Å². The Morgan fingerprint density at radius 2 is 1.95 bits per heavy atom. The van der Waals surface area contributed by atoms with Gasteiger partial charge < -0.3 is 0 Å². The van der Waals surface area contributed by atoms with E-state index in [0.717, 1.165) is 5.75 Å². The fourth-order valence-corrected chi connectivity index (χ4v) is 2.41. The number of hydrogen-bond donors (Lipinski definition) is 1. The standard InChI is InChI=1S/C14H18Cl2N2OS/c1-5-20-13(12(19)14(2,3)4)18-17-9-6-7-10(15)11(16)8-9/h6-8,17H,5H2,1-4H3/b18-13+. The molecule has 0 fully saturated rings. The molecule has 0 spiro atoms. The van der Waals surface area contributed by atoms with Gasteiger partial charge in [-0.2, -0.15) is 5.10 Å². The van der Waals surface area contributed by atoms with Gasteiger partial charge in [0.25, 0.3) is 0 Å². The maximum atomic E-state index is 12.3. The van der Waals surface area contributed by atoms with Crippen LogP contribution in [-0.4, -0.2) is 16.6 Å². The SMILES string of the molecule is CCS/C(=N/Nc1ccc(Cl)c(Cl)c1)C(=O)C(C)(C)C. The van der Waals surface area contributed by atoms with Gasteiger partial charge >= 0.3 is 0 Å². The average molecular weight is 333 g/mol. The lowest BCUT2D eigenvalue weighted by molar-refractivity contribution is -0.119. The number of hydrazone groups is 1. The van der Waals surface area contributed by atoms with E-state index in [2.05, 4.69) is 10.5 Å². The Balaban J connectivity index is 2.92. The molecule has 1 rings (SSSR count). The highest BCUT2D eigenvalue weighted by Gasteiger charge is 2.26. The molecule has 20 heavy (non-hydrogen) atoms. The summed E-state index contributed by atoms with van der Waals surface area (Å²) in [6.45, 7) is 7.61. The Morgan fingerprint density at radius 1 is 1.30 bits per heavy atom. The molecule has 0 saturated heterocycles. The van der Waals surface area contributed by atoms with Crippen LogP contribution in [0.3, 0.4) is 0 Å². The van der Waals surface area contributed by atoms with E-state index in [1.165, 1.54) is 11.8 Å². The van der Waals surface area contributed by atoms with Gasteiger partial charge in [-0.05, 0) is 24.0 Å². The fraction of sp³-hybridized carbons (Fsp3) is 0.429. The van der Waals surface area contributed by atoms with Gasteiger partial charge in [-0.15, -0.1) is 11.8 Å². The summed E-state index contributed by atoms with van der Waals surface area (Å²) in [4.78, 5) is 12.3. The number of carbonyl (C=O) groups is 1. The summed E-state index contributed by atoms with van der Waals surface area (Å²) in [5, 5.41) is 5.59. The minimum Gasteiger partial charge on any atom is -0.291 e. The van der Waals surface area contributed by atoms with Gasteiger partial charge in [0.1, 0.15) is 0 Å². The highest BCUT2D eigenvalue weighted by molar-refractivity contribution is 8.15. The van der Waals surface area contributed by atoms with Gasteiger partial charge in [0, 0.05) is 5.41 Å². The minimum atomic E-state index is -0.458. The van der Waals surface area contributed by atoms with Crippen LogP contribution in [0.2, 0.25) is 10.0 Å². The molecule has 0 atom stereocenters. The first kappa shape index (κ1) is 17.3. The van der Waals surface area contributed by atoms with Crippen LogP contribution in [0.1, 0.15) is 27.7 Å². The number of thioether (sulfide) groups is 1. The Morgan fingerprint density at radius 3 is 2.45 bits per heavy atom. The van der Waals surface area contributed by atoms with Crippen molar-refractivity contribution in [3.8, 4) is 0 Å². The Labute approximate surface area is 134 Å². The summed E-state index contributed by atoms with van der Waals surface area (Å²) >= 11 is 13.2. The van der Waals surface area contributed by atoms with E-state index in [9.17, 15) is 4.79 Å². The number of Topliss-reactive ketones (excluding diaryl/α,β-unsaturated/α-hetero) is 1. The molecule has 1 aromatic rings. The lowest BCUT2D eigenvalue weighted by Gasteiger charge is -2.17. The minimum absolute atomic E-state index is 0.0110. The molecule has 0 saturated carbocycles. The van der Waals surface area contributed by atoms with Crippen molar-refractivity contribution in [2.45, 2.75) is 27.7 Å². The second-order valence-corrected chi connectivity index (χ2v) is 7.24. The number of nitrogens with zero attached hydrogens (tertiary/aromatic N) is 1. The monoisotopic (exact) mass is 332 g/mol. The van der Waals surface area contributed by atoms with E-state index in [-0.39, 0.29) is 5.78 Å². The van der Waals surface area contributed by atoms with Gasteiger partial charge in [-0.3, -0.25) is 10.2 Å². The molecule has 110 valence electrons. The van der Waals surface area contributed by atoms with Gasteiger partial charge in [-0.1, -0.05) is 50.9 Å². The molecule has 6 heteroatoms. The lowest BCUT2D eigenvalue weighted by atomic mass is 9.91. The van der Waals surface area contributed by atoms with Crippen LogP contribution < -0.4 is 5.43 Å². The first-order chi connectivity index (χ1) is 9.25. The first-order valence-electron chi connectivity index (χ1n) is 6.22. The third-order valence-corrected chi connectivity index (χ3v) is 3.94. The van der Waals surface area contributed by atoms with Gasteiger partial charge in [0.15, 0.2) is 10.8 Å². The molecule has 3 nitrogen and oxygen atoms in total. The van der Waals surface area contributed by atoms with Crippen LogP contribution >= 0.6 is 35.0 Å². The quantitative estimate of drug-likeness (QED) is 0.474. The van der Waals surface area contributed by atoms with E-state index in [1.807, 2.05) is 27.7 Å². The van der Waals surface area contributed by atoms with E-state index >= 15 is 0 Å². The molecular weight excluding hydrogens is 315 g/mol. The van der Waals surface area contributed by atoms with Gasteiger partial charge in [-0.25, -0.2) is 0 Å². The molecule has 0 aliphatic carbocycles. The molecule has 0 bridgehead atoms. The number of carbonyl (C=O) groups excluding carboxylic acids is 1. The molecule has 0 aliphatic heterocycles. The zero-order chi connectivity index (χ0) is 15.3. The molecule has 0 aromatic heterocycles. The average Bonchev–Trinajstić information content (AvgIpc) is 2.36. The summed E-state index contributed by atoms with van der Waals surface area (Å²) < 4.78 is 0. The van der Waals surface area contributed by atoms with Crippen molar-refractivity contribution < 1.29 is 4.79 Å². The predicted octanol–water partition coefficient (Wildman–Crippen LogP) is 5.09. The van der Waals surface area contributed by atoms with E-state index in [1.54, 1.807) is 18.2 Å². The van der Waals surface area contributed by atoms with Gasteiger partial charge in [0.2, 0.25) is 0 Å². The second kappa shape index (κ2) is 7.34. The number of benzene rings is 1. The number of anilines is 1. The predicted molar refractivity (Wildman–Crippen MR) is 90.1 cm³/mol. The number of ketones is 1. The molecule has 0 aliphatic rings. The second-order valence-electron chi connectivity index (χ2n) is 5.17. The van der Waals surface area contributed by atoms with Crippen LogP contribution in [0.5, 0.6) is 0 Å². The topological polar surface area (TPSA) is 41.5 Å². The summed E-state index contributed by atoms with van der Waals surface area (Å²) in [6, 6.07) is 5.11. The first-order valence-corrected chi connectivity index (χ1v) is 7.96. The number of nitrogens with one attached hydrogen (secondary N) is 1. The third-order valence-electron chi connectivity index (χ3n) is 2.36. The fourth-order valence-electron chi connectivity index (χ4n) is 1.29. The molecule has 1 aromatic carbocycles. The summed E-state index contributed by atoms with van der Waals surface area (Å²) in [6.07, 6.45) is 0. The number of hydrogen-bond acceptors (Lipinski definition) is 4. The Kier molecular flexibility index (Phi) is 6.37. The summed E-state index contributed by atoms with van der Waals surface area (Å²) in [5.41, 5.74) is 3.09. The Bertz CT molecular complexity index is 524. The highest BCUT2D eigenvalue weighted by Crippen LogP contribution is 2.25.